The highest BCUT2D eigenvalue weighted by atomic mass is 32.1. The number of carbonyl (C=O) groups is 2. The SMILES string of the molecule is NC(=NC(=O)c1cc(-c2ccccc2)c(C(F)(F)F)s1)c1ccc(CNC2CC(C(=O)O)C2)cc1. The number of nitrogens with one attached hydrogen (secondary N) is 1. The van der Waals surface area contributed by atoms with Gasteiger partial charge >= 0.3 is 12.1 Å². The van der Waals surface area contributed by atoms with Crippen molar-refractivity contribution in [1.82, 2.24) is 5.32 Å². The monoisotopic (exact) mass is 501 g/mol. The molecule has 1 amide bonds. The lowest BCUT2D eigenvalue weighted by molar-refractivity contribution is -0.145. The fourth-order valence-corrected chi connectivity index (χ4v) is 4.74. The number of aliphatic imine (C=N–C) groups is 1. The lowest BCUT2D eigenvalue weighted by Gasteiger charge is -2.33. The van der Waals surface area contributed by atoms with Crippen molar-refractivity contribution >= 4 is 29.0 Å². The van der Waals surface area contributed by atoms with Gasteiger partial charge in [0.05, 0.1) is 10.8 Å². The van der Waals surface area contributed by atoms with Crippen molar-refractivity contribution in [3.63, 3.8) is 0 Å². The van der Waals surface area contributed by atoms with Crippen molar-refractivity contribution in [2.24, 2.45) is 16.6 Å². The third kappa shape index (κ3) is 5.77. The number of nitrogens with two attached hydrogens (primary N) is 1. The largest absolute Gasteiger partial charge is 0.481 e. The first-order chi connectivity index (χ1) is 16.6. The summed E-state index contributed by atoms with van der Waals surface area (Å²) >= 11 is 0.346. The number of carbonyl (C=O) groups excluding carboxylic acids is 1. The van der Waals surface area contributed by atoms with Crippen LogP contribution < -0.4 is 11.1 Å². The zero-order chi connectivity index (χ0) is 25.2. The van der Waals surface area contributed by atoms with Crippen molar-refractivity contribution in [3.05, 3.63) is 81.5 Å². The number of hydrogen-bond acceptors (Lipinski definition) is 4. The van der Waals surface area contributed by atoms with E-state index in [0.29, 0.717) is 41.9 Å². The van der Waals surface area contributed by atoms with E-state index in [1.807, 2.05) is 0 Å². The van der Waals surface area contributed by atoms with Crippen LogP contribution in [-0.2, 0) is 17.5 Å². The van der Waals surface area contributed by atoms with E-state index in [-0.39, 0.29) is 28.2 Å². The normalized spacial score (nSPS) is 18.2. The van der Waals surface area contributed by atoms with E-state index in [1.165, 1.54) is 6.07 Å². The minimum Gasteiger partial charge on any atom is -0.481 e. The third-order valence-corrected chi connectivity index (χ3v) is 7.01. The fraction of sp³-hybridized carbons (Fsp3) is 0.240. The number of alkyl halides is 3. The Morgan fingerprint density at radius 1 is 1.09 bits per heavy atom. The Kier molecular flexibility index (Phi) is 7.04. The molecule has 10 heteroatoms. The smallest absolute Gasteiger partial charge is 0.426 e. The Labute approximate surface area is 203 Å². The van der Waals surface area contributed by atoms with Gasteiger partial charge in [0, 0.05) is 23.7 Å². The van der Waals surface area contributed by atoms with Crippen molar-refractivity contribution < 1.29 is 27.9 Å². The van der Waals surface area contributed by atoms with E-state index in [4.69, 9.17) is 10.8 Å². The van der Waals surface area contributed by atoms with Crippen LogP contribution >= 0.6 is 11.3 Å². The summed E-state index contributed by atoms with van der Waals surface area (Å²) in [4.78, 5) is 26.3. The summed E-state index contributed by atoms with van der Waals surface area (Å²) in [5.41, 5.74) is 7.65. The van der Waals surface area contributed by atoms with Gasteiger partial charge in [-0.05, 0) is 30.0 Å². The standard InChI is InChI=1S/C25H22F3N3O3S/c26-25(27,28)21-19(15-4-2-1-3-5-15)12-20(35-21)23(32)31-22(29)16-8-6-14(7-9-16)13-30-18-10-17(11-18)24(33)34/h1-9,12,17-18,30H,10-11,13H2,(H,33,34)(H2,29,31,32). The number of amides is 1. The van der Waals surface area contributed by atoms with E-state index in [9.17, 15) is 22.8 Å². The molecule has 1 fully saturated rings. The molecule has 0 bridgehead atoms. The van der Waals surface area contributed by atoms with Crippen LogP contribution in [0.25, 0.3) is 11.1 Å². The van der Waals surface area contributed by atoms with Gasteiger partial charge in [0.2, 0.25) is 0 Å². The van der Waals surface area contributed by atoms with E-state index in [0.717, 1.165) is 5.56 Å². The zero-order valence-electron chi connectivity index (χ0n) is 18.4. The molecule has 3 aromatic rings. The number of carboxylic acids is 1. The van der Waals surface area contributed by atoms with Crippen LogP contribution in [0.3, 0.4) is 0 Å². The molecule has 182 valence electrons. The lowest BCUT2D eigenvalue weighted by atomic mass is 9.80. The first kappa shape index (κ1) is 24.6. The number of aliphatic carboxylic acids is 1. The molecule has 1 aliphatic carbocycles. The Balaban J connectivity index is 1.45. The minimum atomic E-state index is -4.61. The van der Waals surface area contributed by atoms with Gasteiger partial charge < -0.3 is 16.2 Å². The first-order valence-electron chi connectivity index (χ1n) is 10.8. The predicted molar refractivity (Wildman–Crippen MR) is 127 cm³/mol. The molecule has 0 spiro atoms. The number of halogens is 3. The van der Waals surface area contributed by atoms with E-state index >= 15 is 0 Å². The van der Waals surface area contributed by atoms with Crippen molar-refractivity contribution in [2.75, 3.05) is 0 Å². The minimum absolute atomic E-state index is 0.0711. The van der Waals surface area contributed by atoms with Gasteiger partial charge in [-0.15, -0.1) is 11.3 Å². The number of benzene rings is 2. The van der Waals surface area contributed by atoms with Gasteiger partial charge in [0.1, 0.15) is 10.7 Å². The van der Waals surface area contributed by atoms with E-state index in [1.54, 1.807) is 54.6 Å². The van der Waals surface area contributed by atoms with Gasteiger partial charge in [-0.1, -0.05) is 54.6 Å². The Bertz CT molecular complexity index is 1250. The molecule has 1 saturated carbocycles. The summed E-state index contributed by atoms with van der Waals surface area (Å²) in [5, 5.41) is 12.2. The maximum absolute atomic E-state index is 13.6. The van der Waals surface area contributed by atoms with Gasteiger partial charge in [-0.25, -0.2) is 0 Å². The topological polar surface area (TPSA) is 105 Å². The zero-order valence-corrected chi connectivity index (χ0v) is 19.2. The predicted octanol–water partition coefficient (Wildman–Crippen LogP) is 4.93. The first-order valence-corrected chi connectivity index (χ1v) is 11.6. The Hall–Kier alpha value is -3.50. The van der Waals surface area contributed by atoms with Gasteiger partial charge in [0.25, 0.3) is 5.91 Å². The molecular formula is C25H22F3N3O3S. The molecule has 0 atom stereocenters. The highest BCUT2D eigenvalue weighted by Crippen LogP contribution is 2.43. The van der Waals surface area contributed by atoms with Crippen molar-refractivity contribution in [2.45, 2.75) is 31.6 Å². The second-order valence-corrected chi connectivity index (χ2v) is 9.35. The van der Waals surface area contributed by atoms with Gasteiger partial charge in [-0.2, -0.15) is 18.2 Å². The molecule has 1 heterocycles. The molecule has 4 rings (SSSR count). The maximum atomic E-state index is 13.6. The molecule has 35 heavy (non-hydrogen) atoms. The quantitative estimate of drug-likeness (QED) is 0.315. The summed E-state index contributed by atoms with van der Waals surface area (Å²) in [6.07, 6.45) is -3.42. The van der Waals surface area contributed by atoms with Crippen molar-refractivity contribution in [3.8, 4) is 11.1 Å². The van der Waals surface area contributed by atoms with Gasteiger partial charge in [0.15, 0.2) is 0 Å². The number of hydrogen-bond donors (Lipinski definition) is 3. The van der Waals surface area contributed by atoms with Crippen LogP contribution in [0.4, 0.5) is 13.2 Å². The number of rotatable bonds is 7. The molecule has 0 saturated heterocycles. The molecule has 0 aliphatic heterocycles. The number of nitrogens with zero attached hydrogens (tertiary/aromatic N) is 1. The summed E-state index contributed by atoms with van der Waals surface area (Å²) < 4.78 is 40.7. The third-order valence-electron chi connectivity index (χ3n) is 5.84. The molecule has 0 radical (unpaired) electrons. The molecule has 6 nitrogen and oxygen atoms in total. The summed E-state index contributed by atoms with van der Waals surface area (Å²) in [6.45, 7) is 0.547. The van der Waals surface area contributed by atoms with Crippen LogP contribution in [0, 0.1) is 5.92 Å². The van der Waals surface area contributed by atoms with Gasteiger partial charge in [-0.3, -0.25) is 9.59 Å². The summed E-state index contributed by atoms with van der Waals surface area (Å²) in [7, 11) is 0. The van der Waals surface area contributed by atoms with Crippen LogP contribution in [0.2, 0.25) is 0 Å². The van der Waals surface area contributed by atoms with Crippen LogP contribution in [-0.4, -0.2) is 28.9 Å². The molecular weight excluding hydrogens is 479 g/mol. The van der Waals surface area contributed by atoms with Crippen molar-refractivity contribution in [1.29, 1.82) is 0 Å². The lowest BCUT2D eigenvalue weighted by Crippen LogP contribution is -2.43. The molecule has 1 aliphatic rings. The highest BCUT2D eigenvalue weighted by molar-refractivity contribution is 7.14. The Morgan fingerprint density at radius 2 is 1.74 bits per heavy atom. The number of thiophene rings is 1. The number of amidine groups is 1. The van der Waals surface area contributed by atoms with E-state index in [2.05, 4.69) is 10.3 Å². The van der Waals surface area contributed by atoms with Crippen LogP contribution in [0.5, 0.6) is 0 Å². The summed E-state index contributed by atoms with van der Waals surface area (Å²) in [6, 6.07) is 16.4. The average molecular weight is 502 g/mol. The molecule has 1 aromatic heterocycles. The molecule has 4 N–H and O–H groups in total. The molecule has 2 aromatic carbocycles. The second-order valence-electron chi connectivity index (χ2n) is 8.30. The van der Waals surface area contributed by atoms with E-state index < -0.39 is 22.9 Å². The average Bonchev–Trinajstić information content (AvgIpc) is 3.25. The fourth-order valence-electron chi connectivity index (χ4n) is 3.81. The maximum Gasteiger partial charge on any atom is 0.426 e. The van der Waals surface area contributed by atoms with Crippen LogP contribution in [0.15, 0.2) is 65.7 Å². The highest BCUT2D eigenvalue weighted by Gasteiger charge is 2.37. The Morgan fingerprint density at radius 3 is 2.34 bits per heavy atom. The number of carboxylic acid groups (broad SMARTS) is 1. The second kappa shape index (κ2) is 10.0. The molecule has 0 unspecified atom stereocenters. The van der Waals surface area contributed by atoms with Crippen LogP contribution in [0.1, 0.15) is 38.5 Å². The summed E-state index contributed by atoms with van der Waals surface area (Å²) in [5.74, 6) is -2.00.